The molecule has 0 aliphatic heterocycles. The zero-order chi connectivity index (χ0) is 12.0. The van der Waals surface area contributed by atoms with Crippen molar-refractivity contribution < 1.29 is 9.47 Å². The van der Waals surface area contributed by atoms with Gasteiger partial charge in [-0.05, 0) is 25.2 Å². The number of hydrogen-bond donors (Lipinski definition) is 1. The summed E-state index contributed by atoms with van der Waals surface area (Å²) >= 11 is 9.40. The number of hydrogen-bond acceptors (Lipinski definition) is 3. The Bertz CT molecular complexity index is 330. The van der Waals surface area contributed by atoms with Crippen LogP contribution in [0.5, 0.6) is 5.75 Å². The summed E-state index contributed by atoms with van der Waals surface area (Å²) in [6.07, 6.45) is -0.0475. The molecular formula is C11H15BrClNO2. The average Bonchev–Trinajstić information content (AvgIpc) is 2.23. The van der Waals surface area contributed by atoms with Gasteiger partial charge in [-0.2, -0.15) is 0 Å². The van der Waals surface area contributed by atoms with Gasteiger partial charge in [0, 0.05) is 18.1 Å². The van der Waals surface area contributed by atoms with Crippen molar-refractivity contribution in [3.8, 4) is 5.75 Å². The molecule has 1 N–H and O–H groups in total. The van der Waals surface area contributed by atoms with Crippen molar-refractivity contribution in [2.75, 3.05) is 27.3 Å². The van der Waals surface area contributed by atoms with Gasteiger partial charge in [-0.15, -0.1) is 0 Å². The van der Waals surface area contributed by atoms with E-state index in [0.717, 1.165) is 4.47 Å². The van der Waals surface area contributed by atoms with E-state index < -0.39 is 0 Å². The highest BCUT2D eigenvalue weighted by molar-refractivity contribution is 9.10. The molecule has 5 heteroatoms. The highest BCUT2D eigenvalue weighted by atomic mass is 79.9. The molecule has 0 bridgehead atoms. The van der Waals surface area contributed by atoms with Crippen LogP contribution in [0.25, 0.3) is 0 Å². The van der Waals surface area contributed by atoms with Gasteiger partial charge in [0.1, 0.15) is 11.9 Å². The summed E-state index contributed by atoms with van der Waals surface area (Å²) in [7, 11) is 3.52. The molecule has 0 radical (unpaired) electrons. The molecule has 0 aliphatic carbocycles. The van der Waals surface area contributed by atoms with Crippen LogP contribution in [0.1, 0.15) is 0 Å². The fourth-order valence-corrected chi connectivity index (χ4v) is 2.02. The maximum Gasteiger partial charge on any atom is 0.138 e. The highest BCUT2D eigenvalue weighted by Gasteiger charge is 2.11. The molecular weight excluding hydrogens is 293 g/mol. The smallest absolute Gasteiger partial charge is 0.138 e. The Kier molecular flexibility index (Phi) is 6.13. The molecule has 1 unspecified atom stereocenters. The molecule has 0 fully saturated rings. The number of halogens is 2. The van der Waals surface area contributed by atoms with E-state index in [9.17, 15) is 0 Å². The van der Waals surface area contributed by atoms with E-state index >= 15 is 0 Å². The number of methoxy groups -OCH3 is 1. The zero-order valence-corrected chi connectivity index (χ0v) is 11.6. The van der Waals surface area contributed by atoms with Crippen LogP contribution in [-0.4, -0.2) is 33.4 Å². The van der Waals surface area contributed by atoms with Crippen LogP contribution in [0.3, 0.4) is 0 Å². The molecule has 1 aromatic carbocycles. The van der Waals surface area contributed by atoms with Crippen molar-refractivity contribution in [1.82, 2.24) is 5.32 Å². The van der Waals surface area contributed by atoms with Crippen molar-refractivity contribution in [3.63, 3.8) is 0 Å². The van der Waals surface area contributed by atoms with Gasteiger partial charge in [-0.1, -0.05) is 27.5 Å². The number of likely N-dealkylation sites (N-methyl/N-ethyl adjacent to an activating group) is 1. The molecule has 1 rings (SSSR count). The third kappa shape index (κ3) is 4.29. The van der Waals surface area contributed by atoms with Gasteiger partial charge in [-0.3, -0.25) is 0 Å². The summed E-state index contributed by atoms with van der Waals surface area (Å²) in [5, 5.41) is 3.64. The molecule has 90 valence electrons. The lowest BCUT2D eigenvalue weighted by atomic mass is 10.3. The van der Waals surface area contributed by atoms with Crippen LogP contribution in [-0.2, 0) is 4.74 Å². The summed E-state index contributed by atoms with van der Waals surface area (Å²) in [5.74, 6) is 0.669. The minimum absolute atomic E-state index is 0.0475. The minimum atomic E-state index is -0.0475. The Morgan fingerprint density at radius 3 is 2.81 bits per heavy atom. The predicted molar refractivity (Wildman–Crippen MR) is 69.4 cm³/mol. The lowest BCUT2D eigenvalue weighted by molar-refractivity contribution is 0.0819. The lowest BCUT2D eigenvalue weighted by Crippen LogP contribution is -2.33. The summed E-state index contributed by atoms with van der Waals surface area (Å²) < 4.78 is 11.7. The van der Waals surface area contributed by atoms with Crippen LogP contribution in [0.2, 0.25) is 5.02 Å². The second-order valence-electron chi connectivity index (χ2n) is 3.33. The summed E-state index contributed by atoms with van der Waals surface area (Å²) in [6.45, 7) is 1.23. The van der Waals surface area contributed by atoms with Crippen molar-refractivity contribution in [1.29, 1.82) is 0 Å². The first kappa shape index (κ1) is 13.8. The summed E-state index contributed by atoms with van der Waals surface area (Å²) in [6, 6.07) is 5.54. The van der Waals surface area contributed by atoms with Gasteiger partial charge >= 0.3 is 0 Å². The van der Waals surface area contributed by atoms with Crippen LogP contribution >= 0.6 is 27.5 Å². The Balaban J connectivity index is 2.68. The molecule has 0 heterocycles. The van der Waals surface area contributed by atoms with E-state index in [-0.39, 0.29) is 6.10 Å². The number of nitrogens with one attached hydrogen (secondary N) is 1. The largest absolute Gasteiger partial charge is 0.485 e. The van der Waals surface area contributed by atoms with Crippen LogP contribution in [0, 0.1) is 0 Å². The maximum atomic E-state index is 6.06. The van der Waals surface area contributed by atoms with Crippen LogP contribution in [0.15, 0.2) is 22.7 Å². The van der Waals surface area contributed by atoms with Crippen molar-refractivity contribution >= 4 is 27.5 Å². The lowest BCUT2D eigenvalue weighted by Gasteiger charge is -2.18. The van der Waals surface area contributed by atoms with E-state index in [0.29, 0.717) is 23.9 Å². The molecule has 1 atom stereocenters. The summed E-state index contributed by atoms with van der Waals surface area (Å²) in [4.78, 5) is 0. The van der Waals surface area contributed by atoms with Crippen molar-refractivity contribution in [3.05, 3.63) is 27.7 Å². The SMILES string of the molecule is CNCC(COC)Oc1ccc(Br)cc1Cl. The van der Waals surface area contributed by atoms with Crippen LogP contribution in [0.4, 0.5) is 0 Å². The molecule has 0 saturated heterocycles. The fraction of sp³-hybridized carbons (Fsp3) is 0.455. The molecule has 0 saturated carbocycles. The second-order valence-corrected chi connectivity index (χ2v) is 4.65. The Hall–Kier alpha value is -0.290. The zero-order valence-electron chi connectivity index (χ0n) is 9.30. The van der Waals surface area contributed by atoms with Gasteiger partial charge < -0.3 is 14.8 Å². The highest BCUT2D eigenvalue weighted by Crippen LogP contribution is 2.28. The predicted octanol–water partition coefficient (Wildman–Crippen LogP) is 2.72. The van der Waals surface area contributed by atoms with E-state index in [2.05, 4.69) is 21.2 Å². The number of rotatable bonds is 6. The number of ether oxygens (including phenoxy) is 2. The monoisotopic (exact) mass is 307 g/mol. The fourth-order valence-electron chi connectivity index (χ4n) is 1.30. The second kappa shape index (κ2) is 7.12. The van der Waals surface area contributed by atoms with Gasteiger partial charge in [-0.25, -0.2) is 0 Å². The van der Waals surface area contributed by atoms with Gasteiger partial charge in [0.25, 0.3) is 0 Å². The minimum Gasteiger partial charge on any atom is -0.485 e. The molecule has 1 aromatic rings. The van der Waals surface area contributed by atoms with Gasteiger partial charge in [0.05, 0.1) is 11.6 Å². The number of benzene rings is 1. The standard InChI is InChI=1S/C11H15BrClNO2/c1-14-6-9(7-15-2)16-11-4-3-8(12)5-10(11)13/h3-5,9,14H,6-7H2,1-2H3. The Morgan fingerprint density at radius 2 is 2.25 bits per heavy atom. The third-order valence-corrected chi connectivity index (χ3v) is 2.76. The van der Waals surface area contributed by atoms with E-state index in [4.69, 9.17) is 21.1 Å². The Morgan fingerprint density at radius 1 is 1.50 bits per heavy atom. The van der Waals surface area contributed by atoms with Crippen LogP contribution < -0.4 is 10.1 Å². The average molecular weight is 309 g/mol. The van der Waals surface area contributed by atoms with Gasteiger partial charge in [0.15, 0.2) is 0 Å². The first-order valence-electron chi connectivity index (χ1n) is 4.92. The third-order valence-electron chi connectivity index (χ3n) is 1.97. The van der Waals surface area contributed by atoms with Gasteiger partial charge in [0.2, 0.25) is 0 Å². The molecule has 0 aromatic heterocycles. The Labute approximate surface area is 109 Å². The molecule has 0 spiro atoms. The molecule has 3 nitrogen and oxygen atoms in total. The summed E-state index contributed by atoms with van der Waals surface area (Å²) in [5.41, 5.74) is 0. The molecule has 0 amide bonds. The van der Waals surface area contributed by atoms with E-state index in [1.807, 2.05) is 19.2 Å². The topological polar surface area (TPSA) is 30.5 Å². The van der Waals surface area contributed by atoms with E-state index in [1.54, 1.807) is 13.2 Å². The molecule has 16 heavy (non-hydrogen) atoms. The first-order valence-corrected chi connectivity index (χ1v) is 6.09. The molecule has 0 aliphatic rings. The quantitative estimate of drug-likeness (QED) is 0.876. The maximum absolute atomic E-state index is 6.06. The van der Waals surface area contributed by atoms with Crippen molar-refractivity contribution in [2.45, 2.75) is 6.10 Å². The van der Waals surface area contributed by atoms with E-state index in [1.165, 1.54) is 0 Å². The first-order chi connectivity index (χ1) is 7.67. The van der Waals surface area contributed by atoms with Crippen molar-refractivity contribution in [2.24, 2.45) is 0 Å². The normalized spacial score (nSPS) is 12.5.